The zero-order valence-corrected chi connectivity index (χ0v) is 19.8. The SMILES string of the molecule is CCc1cnc(N2CCC3(CCCN3CC3CC3)CC2)nc1.O=C(O)C(F)(F)F.O=C(O)C(F)(F)F. The number of alkyl halides is 6. The van der Waals surface area contributed by atoms with E-state index in [0.717, 1.165) is 31.4 Å². The Labute approximate surface area is 204 Å². The predicted molar refractivity (Wildman–Crippen MR) is 117 cm³/mol. The lowest BCUT2D eigenvalue weighted by Crippen LogP contribution is -2.53. The smallest absolute Gasteiger partial charge is 0.475 e. The van der Waals surface area contributed by atoms with Gasteiger partial charge in [-0.05, 0) is 63.0 Å². The monoisotopic (exact) mass is 528 g/mol. The maximum Gasteiger partial charge on any atom is 0.490 e. The van der Waals surface area contributed by atoms with Gasteiger partial charge in [-0.15, -0.1) is 0 Å². The van der Waals surface area contributed by atoms with Crippen molar-refractivity contribution in [1.29, 1.82) is 0 Å². The number of rotatable bonds is 4. The van der Waals surface area contributed by atoms with Gasteiger partial charge in [0.15, 0.2) is 0 Å². The number of halogens is 6. The predicted octanol–water partition coefficient (Wildman–Crippen LogP) is 4.15. The van der Waals surface area contributed by atoms with E-state index in [1.165, 1.54) is 57.2 Å². The van der Waals surface area contributed by atoms with E-state index in [4.69, 9.17) is 19.8 Å². The summed E-state index contributed by atoms with van der Waals surface area (Å²) in [6.45, 7) is 7.08. The number of aryl methyl sites for hydroxylation is 1. The Hall–Kier alpha value is -2.64. The molecule has 1 aliphatic carbocycles. The fraction of sp³-hybridized carbons (Fsp3) is 0.727. The molecule has 14 heteroatoms. The first kappa shape index (κ1) is 29.6. The maximum absolute atomic E-state index is 10.6. The summed E-state index contributed by atoms with van der Waals surface area (Å²) in [6.07, 6.45) is 3.14. The first-order valence-corrected chi connectivity index (χ1v) is 11.6. The van der Waals surface area contributed by atoms with Crippen LogP contribution in [0.2, 0.25) is 0 Å². The molecule has 0 amide bonds. The van der Waals surface area contributed by atoms with E-state index in [-0.39, 0.29) is 0 Å². The number of aromatic nitrogens is 2. The molecule has 3 fully saturated rings. The second-order valence-electron chi connectivity index (χ2n) is 9.06. The van der Waals surface area contributed by atoms with E-state index < -0.39 is 24.3 Å². The Morgan fingerprint density at radius 1 is 0.944 bits per heavy atom. The Balaban J connectivity index is 0.000000271. The molecule has 4 rings (SSSR count). The first-order valence-electron chi connectivity index (χ1n) is 11.6. The summed E-state index contributed by atoms with van der Waals surface area (Å²) in [5, 5.41) is 14.2. The normalized spacial score (nSPS) is 19.7. The van der Waals surface area contributed by atoms with Gasteiger partial charge >= 0.3 is 24.3 Å². The molecule has 2 saturated heterocycles. The van der Waals surface area contributed by atoms with Gasteiger partial charge in [0.05, 0.1) is 0 Å². The van der Waals surface area contributed by atoms with Crippen molar-refractivity contribution in [3.8, 4) is 0 Å². The van der Waals surface area contributed by atoms with Gasteiger partial charge in [0, 0.05) is 37.6 Å². The Kier molecular flexibility index (Phi) is 9.92. The van der Waals surface area contributed by atoms with E-state index in [2.05, 4.69) is 26.7 Å². The number of anilines is 1. The average Bonchev–Trinajstić information content (AvgIpc) is 3.55. The molecule has 0 atom stereocenters. The van der Waals surface area contributed by atoms with Gasteiger partial charge in [0.25, 0.3) is 0 Å². The fourth-order valence-electron chi connectivity index (χ4n) is 4.27. The fourth-order valence-corrected chi connectivity index (χ4v) is 4.27. The maximum atomic E-state index is 10.6. The van der Waals surface area contributed by atoms with Gasteiger partial charge in [-0.1, -0.05) is 6.92 Å². The van der Waals surface area contributed by atoms with Gasteiger partial charge in [0.2, 0.25) is 5.95 Å². The van der Waals surface area contributed by atoms with Crippen LogP contribution < -0.4 is 4.90 Å². The van der Waals surface area contributed by atoms with Crippen molar-refractivity contribution in [3.63, 3.8) is 0 Å². The van der Waals surface area contributed by atoms with E-state index in [1.807, 2.05) is 12.4 Å². The van der Waals surface area contributed by atoms with Gasteiger partial charge in [-0.3, -0.25) is 4.90 Å². The summed E-state index contributed by atoms with van der Waals surface area (Å²) in [6, 6.07) is 0. The van der Waals surface area contributed by atoms with Crippen LogP contribution in [-0.2, 0) is 16.0 Å². The highest BCUT2D eigenvalue weighted by Gasteiger charge is 2.45. The van der Waals surface area contributed by atoms with Crippen LogP contribution in [0.15, 0.2) is 12.4 Å². The third-order valence-corrected chi connectivity index (χ3v) is 6.48. The lowest BCUT2D eigenvalue weighted by molar-refractivity contribution is -0.193. The largest absolute Gasteiger partial charge is 0.490 e. The van der Waals surface area contributed by atoms with Crippen molar-refractivity contribution in [2.45, 2.75) is 69.8 Å². The lowest BCUT2D eigenvalue weighted by Gasteiger charge is -2.45. The molecule has 1 aromatic heterocycles. The van der Waals surface area contributed by atoms with Crippen LogP contribution in [0.3, 0.4) is 0 Å². The number of aliphatic carboxylic acids is 2. The summed E-state index contributed by atoms with van der Waals surface area (Å²) < 4.78 is 63.5. The van der Waals surface area contributed by atoms with E-state index >= 15 is 0 Å². The molecule has 2 N–H and O–H groups in total. The molecule has 0 unspecified atom stereocenters. The molecule has 0 aromatic carbocycles. The van der Waals surface area contributed by atoms with E-state index in [0.29, 0.717) is 5.54 Å². The molecule has 3 heterocycles. The number of carbonyl (C=O) groups is 2. The zero-order chi connectivity index (χ0) is 27.1. The Morgan fingerprint density at radius 2 is 1.42 bits per heavy atom. The Morgan fingerprint density at radius 3 is 1.81 bits per heavy atom. The molecular formula is C22H30F6N4O4. The number of carboxylic acids is 2. The Bertz CT molecular complexity index is 843. The van der Waals surface area contributed by atoms with Crippen LogP contribution in [0.25, 0.3) is 0 Å². The average molecular weight is 528 g/mol. The van der Waals surface area contributed by atoms with Crippen molar-refractivity contribution < 1.29 is 46.1 Å². The minimum absolute atomic E-state index is 0.502. The van der Waals surface area contributed by atoms with Crippen LogP contribution in [0.4, 0.5) is 32.3 Å². The highest BCUT2D eigenvalue weighted by molar-refractivity contribution is 5.73. The van der Waals surface area contributed by atoms with Gasteiger partial charge in [0.1, 0.15) is 0 Å². The highest BCUT2D eigenvalue weighted by atomic mass is 19.4. The number of likely N-dealkylation sites (tertiary alicyclic amines) is 1. The summed E-state index contributed by atoms with van der Waals surface area (Å²) in [7, 11) is 0. The summed E-state index contributed by atoms with van der Waals surface area (Å²) >= 11 is 0. The minimum Gasteiger partial charge on any atom is -0.475 e. The summed E-state index contributed by atoms with van der Waals surface area (Å²) in [5.41, 5.74) is 1.73. The van der Waals surface area contributed by atoms with E-state index in [9.17, 15) is 26.3 Å². The van der Waals surface area contributed by atoms with Crippen LogP contribution in [-0.4, -0.2) is 81.1 Å². The third-order valence-electron chi connectivity index (χ3n) is 6.48. The number of carboxylic acid groups (broad SMARTS) is 2. The lowest BCUT2D eigenvalue weighted by atomic mass is 9.85. The van der Waals surface area contributed by atoms with Gasteiger partial charge in [-0.25, -0.2) is 19.6 Å². The van der Waals surface area contributed by atoms with Crippen molar-refractivity contribution in [1.82, 2.24) is 14.9 Å². The second-order valence-corrected chi connectivity index (χ2v) is 9.06. The van der Waals surface area contributed by atoms with Gasteiger partial charge < -0.3 is 15.1 Å². The van der Waals surface area contributed by atoms with E-state index in [1.54, 1.807) is 0 Å². The van der Waals surface area contributed by atoms with Crippen molar-refractivity contribution in [2.75, 3.05) is 31.1 Å². The van der Waals surface area contributed by atoms with Gasteiger partial charge in [-0.2, -0.15) is 26.3 Å². The molecule has 8 nitrogen and oxygen atoms in total. The molecule has 1 spiro atoms. The summed E-state index contributed by atoms with van der Waals surface area (Å²) in [5.74, 6) is -3.57. The third kappa shape index (κ3) is 8.79. The second kappa shape index (κ2) is 12.1. The molecule has 1 aromatic rings. The molecule has 1 saturated carbocycles. The van der Waals surface area contributed by atoms with Crippen molar-refractivity contribution in [2.24, 2.45) is 5.92 Å². The highest BCUT2D eigenvalue weighted by Crippen LogP contribution is 2.42. The quantitative estimate of drug-likeness (QED) is 0.562. The molecular weight excluding hydrogens is 498 g/mol. The van der Waals surface area contributed by atoms with Crippen LogP contribution in [0.5, 0.6) is 0 Å². The molecule has 36 heavy (non-hydrogen) atoms. The minimum atomic E-state index is -5.08. The molecule has 0 radical (unpaired) electrons. The summed E-state index contributed by atoms with van der Waals surface area (Å²) in [4.78, 5) is 32.1. The first-order chi connectivity index (χ1) is 16.7. The molecule has 204 valence electrons. The molecule has 3 aliphatic rings. The van der Waals surface area contributed by atoms with Crippen LogP contribution in [0.1, 0.15) is 51.0 Å². The van der Waals surface area contributed by atoms with Crippen molar-refractivity contribution >= 4 is 17.9 Å². The molecule has 0 bridgehead atoms. The van der Waals surface area contributed by atoms with Crippen LogP contribution >= 0.6 is 0 Å². The van der Waals surface area contributed by atoms with Crippen molar-refractivity contribution in [3.05, 3.63) is 18.0 Å². The number of hydrogen-bond donors (Lipinski definition) is 2. The number of nitrogens with zero attached hydrogens (tertiary/aromatic N) is 4. The number of hydrogen-bond acceptors (Lipinski definition) is 6. The molecule has 2 aliphatic heterocycles. The number of piperidine rings is 1. The topological polar surface area (TPSA) is 107 Å². The standard InChI is InChI=1S/C18H28N4.2C2HF3O2/c1-2-15-12-19-17(20-13-15)21-10-7-18(8-11-21)6-3-9-22(18)14-16-4-5-16;2*3-2(4,5)1(6)7/h12-13,16H,2-11,14H2,1H3;2*(H,6,7). The zero-order valence-electron chi connectivity index (χ0n) is 19.8. The van der Waals surface area contributed by atoms with Crippen LogP contribution in [0, 0.1) is 5.92 Å².